The van der Waals surface area contributed by atoms with Crippen LogP contribution >= 0.6 is 11.6 Å². The van der Waals surface area contributed by atoms with E-state index in [1.54, 1.807) is 0 Å². The zero-order valence-corrected chi connectivity index (χ0v) is 10.8. The molecule has 0 aliphatic rings. The molecular weight excluding hydrogens is 234 g/mol. The zero-order chi connectivity index (χ0) is 12.3. The second-order valence-electron chi connectivity index (χ2n) is 4.10. The van der Waals surface area contributed by atoms with E-state index in [4.69, 9.17) is 11.6 Å². The van der Waals surface area contributed by atoms with Gasteiger partial charge in [-0.3, -0.25) is 0 Å². The molecular formula is C13H16ClN3. The van der Waals surface area contributed by atoms with Crippen molar-refractivity contribution in [2.24, 2.45) is 7.05 Å². The molecule has 0 bridgehead atoms. The van der Waals surface area contributed by atoms with E-state index in [-0.39, 0.29) is 0 Å². The summed E-state index contributed by atoms with van der Waals surface area (Å²) < 4.78 is 2.03. The van der Waals surface area contributed by atoms with Crippen LogP contribution in [0.4, 0.5) is 5.69 Å². The van der Waals surface area contributed by atoms with Gasteiger partial charge in [0, 0.05) is 43.1 Å². The number of hydrogen-bond donors (Lipinski definition) is 1. The minimum absolute atomic E-state index is 0.798. The topological polar surface area (TPSA) is 29.9 Å². The van der Waals surface area contributed by atoms with Crippen molar-refractivity contribution >= 4 is 17.3 Å². The van der Waals surface area contributed by atoms with Crippen molar-refractivity contribution in [3.63, 3.8) is 0 Å². The summed E-state index contributed by atoms with van der Waals surface area (Å²) in [5, 5.41) is 4.14. The van der Waals surface area contributed by atoms with Crippen LogP contribution in [0, 0.1) is 6.92 Å². The first-order valence-electron chi connectivity index (χ1n) is 5.63. The molecule has 0 unspecified atom stereocenters. The smallest absolute Gasteiger partial charge is 0.110 e. The molecule has 4 heteroatoms. The summed E-state index contributed by atoms with van der Waals surface area (Å²) in [5.41, 5.74) is 2.15. The lowest BCUT2D eigenvalue weighted by molar-refractivity contribution is 0.789. The van der Waals surface area contributed by atoms with Gasteiger partial charge in [-0.05, 0) is 24.6 Å². The first-order valence-corrected chi connectivity index (χ1v) is 6.01. The highest BCUT2D eigenvalue weighted by atomic mass is 35.5. The normalized spacial score (nSPS) is 10.5. The third-order valence-corrected chi connectivity index (χ3v) is 3.18. The number of halogens is 1. The Morgan fingerprint density at radius 2 is 2.24 bits per heavy atom. The molecule has 0 fully saturated rings. The Hall–Kier alpha value is -1.48. The monoisotopic (exact) mass is 249 g/mol. The maximum Gasteiger partial charge on any atom is 0.110 e. The van der Waals surface area contributed by atoms with Gasteiger partial charge in [-0.1, -0.05) is 17.7 Å². The molecule has 0 aliphatic heterocycles. The molecule has 90 valence electrons. The molecule has 1 aromatic heterocycles. The second kappa shape index (κ2) is 5.23. The second-order valence-corrected chi connectivity index (χ2v) is 4.50. The van der Waals surface area contributed by atoms with Gasteiger partial charge in [-0.2, -0.15) is 0 Å². The molecule has 2 rings (SSSR count). The van der Waals surface area contributed by atoms with Crippen molar-refractivity contribution in [1.82, 2.24) is 9.55 Å². The highest BCUT2D eigenvalue weighted by molar-refractivity contribution is 6.31. The minimum Gasteiger partial charge on any atom is -0.385 e. The van der Waals surface area contributed by atoms with E-state index >= 15 is 0 Å². The van der Waals surface area contributed by atoms with Crippen LogP contribution in [0.5, 0.6) is 0 Å². The summed E-state index contributed by atoms with van der Waals surface area (Å²) in [5.74, 6) is 1.08. The molecule has 0 aliphatic carbocycles. The van der Waals surface area contributed by atoms with Crippen molar-refractivity contribution in [3.05, 3.63) is 47.0 Å². The summed E-state index contributed by atoms with van der Waals surface area (Å²) in [4.78, 5) is 4.28. The predicted octanol–water partition coefficient (Wildman–Crippen LogP) is 3.04. The molecule has 17 heavy (non-hydrogen) atoms. The van der Waals surface area contributed by atoms with Gasteiger partial charge in [0.25, 0.3) is 0 Å². The number of imidazole rings is 1. The van der Waals surface area contributed by atoms with Crippen LogP contribution in [0.3, 0.4) is 0 Å². The lowest BCUT2D eigenvalue weighted by Gasteiger charge is -2.07. The van der Waals surface area contributed by atoms with Crippen molar-refractivity contribution in [2.75, 3.05) is 11.9 Å². The Kier molecular flexibility index (Phi) is 3.69. The number of hydrogen-bond acceptors (Lipinski definition) is 2. The van der Waals surface area contributed by atoms with Crippen LogP contribution in [0.2, 0.25) is 5.02 Å². The zero-order valence-electron chi connectivity index (χ0n) is 10.1. The molecule has 0 radical (unpaired) electrons. The summed E-state index contributed by atoms with van der Waals surface area (Å²) in [7, 11) is 2.01. The van der Waals surface area contributed by atoms with E-state index in [9.17, 15) is 0 Å². The first kappa shape index (κ1) is 12.0. The van der Waals surface area contributed by atoms with Gasteiger partial charge in [0.2, 0.25) is 0 Å². The van der Waals surface area contributed by atoms with Crippen LogP contribution in [-0.2, 0) is 13.5 Å². The van der Waals surface area contributed by atoms with Gasteiger partial charge < -0.3 is 9.88 Å². The average molecular weight is 250 g/mol. The molecule has 0 saturated carbocycles. The fourth-order valence-electron chi connectivity index (χ4n) is 1.66. The maximum absolute atomic E-state index is 6.06. The highest BCUT2D eigenvalue weighted by Gasteiger charge is 2.00. The van der Waals surface area contributed by atoms with Crippen molar-refractivity contribution in [1.29, 1.82) is 0 Å². The predicted molar refractivity (Wildman–Crippen MR) is 71.6 cm³/mol. The SMILES string of the molecule is Cc1ccc(NCCc2nccn2C)cc1Cl. The van der Waals surface area contributed by atoms with E-state index in [0.717, 1.165) is 35.1 Å². The lowest BCUT2D eigenvalue weighted by atomic mass is 10.2. The van der Waals surface area contributed by atoms with Crippen molar-refractivity contribution in [3.8, 4) is 0 Å². The van der Waals surface area contributed by atoms with Gasteiger partial charge in [-0.25, -0.2) is 4.98 Å². The van der Waals surface area contributed by atoms with Gasteiger partial charge >= 0.3 is 0 Å². The quantitative estimate of drug-likeness (QED) is 0.903. The van der Waals surface area contributed by atoms with E-state index in [2.05, 4.69) is 10.3 Å². The number of rotatable bonds is 4. The molecule has 1 N–H and O–H groups in total. The van der Waals surface area contributed by atoms with Gasteiger partial charge in [-0.15, -0.1) is 0 Å². The molecule has 0 spiro atoms. The standard InChI is InChI=1S/C13H16ClN3/c1-10-3-4-11(9-12(10)14)15-6-5-13-16-7-8-17(13)2/h3-4,7-9,15H,5-6H2,1-2H3. The Labute approximate surface area is 106 Å². The van der Waals surface area contributed by atoms with Crippen molar-refractivity contribution in [2.45, 2.75) is 13.3 Å². The summed E-state index contributed by atoms with van der Waals surface area (Å²) in [6.07, 6.45) is 4.67. The van der Waals surface area contributed by atoms with E-state index in [1.165, 1.54) is 0 Å². The molecule has 1 aromatic carbocycles. The number of nitrogens with one attached hydrogen (secondary N) is 1. The fourth-order valence-corrected chi connectivity index (χ4v) is 1.84. The van der Waals surface area contributed by atoms with Crippen LogP contribution in [0.1, 0.15) is 11.4 Å². The van der Waals surface area contributed by atoms with Crippen molar-refractivity contribution < 1.29 is 0 Å². The summed E-state index contributed by atoms with van der Waals surface area (Å²) in [6, 6.07) is 6.01. The number of anilines is 1. The Balaban J connectivity index is 1.90. The van der Waals surface area contributed by atoms with Gasteiger partial charge in [0.15, 0.2) is 0 Å². The Bertz CT molecular complexity index is 505. The first-order chi connectivity index (χ1) is 8.16. The molecule has 3 nitrogen and oxygen atoms in total. The largest absolute Gasteiger partial charge is 0.385 e. The van der Waals surface area contributed by atoms with Crippen LogP contribution in [0.25, 0.3) is 0 Å². The van der Waals surface area contributed by atoms with E-state index in [1.807, 2.05) is 49.1 Å². The van der Waals surface area contributed by atoms with Gasteiger partial charge in [0.1, 0.15) is 5.82 Å². The summed E-state index contributed by atoms with van der Waals surface area (Å²) in [6.45, 7) is 2.85. The van der Waals surface area contributed by atoms with Crippen LogP contribution < -0.4 is 5.32 Å². The third-order valence-electron chi connectivity index (χ3n) is 2.77. The summed E-state index contributed by atoms with van der Waals surface area (Å²) >= 11 is 6.06. The molecule has 2 aromatic rings. The van der Waals surface area contributed by atoms with Gasteiger partial charge in [0.05, 0.1) is 0 Å². The number of nitrogens with zero attached hydrogens (tertiary/aromatic N) is 2. The van der Waals surface area contributed by atoms with E-state index < -0.39 is 0 Å². The number of aromatic nitrogens is 2. The Morgan fingerprint density at radius 3 is 2.88 bits per heavy atom. The molecule has 0 amide bonds. The Morgan fingerprint density at radius 1 is 1.41 bits per heavy atom. The fraction of sp³-hybridized carbons (Fsp3) is 0.308. The number of benzene rings is 1. The van der Waals surface area contributed by atoms with E-state index in [0.29, 0.717) is 0 Å². The molecule has 0 atom stereocenters. The number of aryl methyl sites for hydroxylation is 2. The van der Waals surface area contributed by atoms with Crippen LogP contribution in [-0.4, -0.2) is 16.1 Å². The molecule has 0 saturated heterocycles. The molecule has 1 heterocycles. The van der Waals surface area contributed by atoms with Crippen LogP contribution in [0.15, 0.2) is 30.6 Å². The third kappa shape index (κ3) is 3.01. The highest BCUT2D eigenvalue weighted by Crippen LogP contribution is 2.19. The average Bonchev–Trinajstić information content (AvgIpc) is 2.70. The maximum atomic E-state index is 6.06. The lowest BCUT2D eigenvalue weighted by Crippen LogP contribution is -2.08. The minimum atomic E-state index is 0.798.